The molecule has 2 heterocycles. The Morgan fingerprint density at radius 1 is 1.35 bits per heavy atom. The Morgan fingerprint density at radius 2 is 2.09 bits per heavy atom. The van der Waals surface area contributed by atoms with Crippen molar-refractivity contribution in [3.63, 3.8) is 0 Å². The highest BCUT2D eigenvalue weighted by Crippen LogP contribution is 2.25. The molecule has 1 N–H and O–H groups in total. The normalized spacial score (nSPS) is 17.1. The fourth-order valence-electron chi connectivity index (χ4n) is 2.71. The molecular weight excluding hydrogens is 316 g/mol. The molecule has 0 radical (unpaired) electrons. The molecular formula is C15H18N4O3S. The van der Waals surface area contributed by atoms with E-state index in [1.807, 2.05) is 14.0 Å². The quantitative estimate of drug-likeness (QED) is 0.911. The Hall–Kier alpha value is -2.35. The Morgan fingerprint density at radius 3 is 2.78 bits per heavy atom. The van der Waals surface area contributed by atoms with Gasteiger partial charge in [0.25, 0.3) is 10.0 Å². The van der Waals surface area contributed by atoms with Gasteiger partial charge in [0.15, 0.2) is 0 Å². The first-order chi connectivity index (χ1) is 11.0. The van der Waals surface area contributed by atoms with Crippen LogP contribution in [0, 0.1) is 0 Å². The molecule has 2 aromatic rings. The molecule has 122 valence electrons. The molecule has 0 fully saturated rings. The topological polar surface area (TPSA) is 85.6 Å². The molecule has 1 aromatic carbocycles. The lowest BCUT2D eigenvalue weighted by Gasteiger charge is -2.04. The molecule has 7 nitrogen and oxygen atoms in total. The first kappa shape index (κ1) is 15.5. The van der Waals surface area contributed by atoms with Crippen LogP contribution < -0.4 is 9.46 Å². The van der Waals surface area contributed by atoms with Gasteiger partial charge in [-0.3, -0.25) is 9.71 Å². The van der Waals surface area contributed by atoms with Crippen molar-refractivity contribution in [2.45, 2.75) is 24.8 Å². The maximum atomic E-state index is 12.1. The molecule has 1 aromatic heterocycles. The van der Waals surface area contributed by atoms with Crippen molar-refractivity contribution in [3.05, 3.63) is 41.1 Å². The molecule has 3 rings (SSSR count). The Kier molecular flexibility index (Phi) is 3.85. The molecule has 0 saturated heterocycles. The SMILES string of the molecule is CCc1nn(C)c(OC)c1CN=C1NS(=O)(=O)c2ccccc21. The molecule has 0 spiro atoms. The number of hydrogen-bond acceptors (Lipinski definition) is 5. The zero-order valence-electron chi connectivity index (χ0n) is 13.2. The standard InChI is InChI=1S/C15H18N4O3S/c1-4-12-11(15(22-3)19(2)17-12)9-16-14-10-7-5-6-8-13(10)23(20,21)18-14/h5-8H,4,9H2,1-3H3,(H,16,18). The van der Waals surface area contributed by atoms with Crippen molar-refractivity contribution in [1.29, 1.82) is 0 Å². The van der Waals surface area contributed by atoms with Gasteiger partial charge in [-0.15, -0.1) is 0 Å². The fraction of sp³-hybridized carbons (Fsp3) is 0.333. The van der Waals surface area contributed by atoms with Crippen molar-refractivity contribution in [3.8, 4) is 5.88 Å². The van der Waals surface area contributed by atoms with Gasteiger partial charge in [-0.25, -0.2) is 13.1 Å². The van der Waals surface area contributed by atoms with E-state index in [-0.39, 0.29) is 4.90 Å². The van der Waals surface area contributed by atoms with Crippen LogP contribution in [0.3, 0.4) is 0 Å². The van der Waals surface area contributed by atoms with Gasteiger partial charge < -0.3 is 4.74 Å². The van der Waals surface area contributed by atoms with Gasteiger partial charge in [0.05, 0.1) is 29.8 Å². The number of aliphatic imine (C=N–C) groups is 1. The lowest BCUT2D eigenvalue weighted by Crippen LogP contribution is -2.22. The molecule has 0 aliphatic carbocycles. The van der Waals surface area contributed by atoms with E-state index in [1.54, 1.807) is 36.1 Å². The number of ether oxygens (including phenoxy) is 1. The number of nitrogens with zero attached hydrogens (tertiary/aromatic N) is 3. The smallest absolute Gasteiger partial charge is 0.263 e. The van der Waals surface area contributed by atoms with Crippen LogP contribution in [0.1, 0.15) is 23.7 Å². The highest BCUT2D eigenvalue weighted by molar-refractivity contribution is 7.90. The summed E-state index contributed by atoms with van der Waals surface area (Å²) in [5, 5.41) is 4.40. The highest BCUT2D eigenvalue weighted by atomic mass is 32.2. The third kappa shape index (κ3) is 2.59. The van der Waals surface area contributed by atoms with E-state index >= 15 is 0 Å². The maximum Gasteiger partial charge on any atom is 0.263 e. The minimum Gasteiger partial charge on any atom is -0.481 e. The van der Waals surface area contributed by atoms with E-state index in [9.17, 15) is 8.42 Å². The predicted molar refractivity (Wildman–Crippen MR) is 86.1 cm³/mol. The zero-order valence-corrected chi connectivity index (χ0v) is 14.0. The van der Waals surface area contributed by atoms with Crippen molar-refractivity contribution in [2.24, 2.45) is 12.0 Å². The summed E-state index contributed by atoms with van der Waals surface area (Å²) in [6, 6.07) is 6.80. The molecule has 0 bridgehead atoms. The van der Waals surface area contributed by atoms with Crippen LogP contribution in [0.5, 0.6) is 5.88 Å². The summed E-state index contributed by atoms with van der Waals surface area (Å²) in [4.78, 5) is 4.71. The second-order valence-electron chi connectivity index (χ2n) is 5.18. The number of aromatic nitrogens is 2. The van der Waals surface area contributed by atoms with Crippen LogP contribution in [0.4, 0.5) is 0 Å². The zero-order chi connectivity index (χ0) is 16.6. The summed E-state index contributed by atoms with van der Waals surface area (Å²) in [6.45, 7) is 2.30. The Labute approximate surface area is 135 Å². The monoisotopic (exact) mass is 334 g/mol. The average molecular weight is 334 g/mol. The van der Waals surface area contributed by atoms with Crippen LogP contribution in [-0.4, -0.2) is 31.1 Å². The van der Waals surface area contributed by atoms with Gasteiger partial charge in [0, 0.05) is 12.6 Å². The van der Waals surface area contributed by atoms with E-state index in [1.165, 1.54) is 0 Å². The highest BCUT2D eigenvalue weighted by Gasteiger charge is 2.30. The molecule has 0 amide bonds. The maximum absolute atomic E-state index is 12.1. The number of amidine groups is 1. The van der Waals surface area contributed by atoms with Crippen LogP contribution >= 0.6 is 0 Å². The summed E-state index contributed by atoms with van der Waals surface area (Å²) in [5.41, 5.74) is 2.35. The van der Waals surface area contributed by atoms with E-state index in [0.717, 1.165) is 17.7 Å². The second kappa shape index (κ2) is 5.69. The number of sulfonamides is 1. The molecule has 0 unspecified atom stereocenters. The Bertz CT molecular complexity index is 884. The molecule has 1 aliphatic rings. The van der Waals surface area contributed by atoms with E-state index < -0.39 is 10.0 Å². The summed E-state index contributed by atoms with van der Waals surface area (Å²) >= 11 is 0. The minimum absolute atomic E-state index is 0.257. The number of nitrogens with one attached hydrogen (secondary N) is 1. The molecule has 1 aliphatic heterocycles. The number of fused-ring (bicyclic) bond motifs is 1. The molecule has 0 saturated carbocycles. The van der Waals surface area contributed by atoms with Gasteiger partial charge in [-0.05, 0) is 18.6 Å². The van der Waals surface area contributed by atoms with Gasteiger partial charge in [0.2, 0.25) is 5.88 Å². The van der Waals surface area contributed by atoms with E-state index in [2.05, 4.69) is 14.8 Å². The fourth-order valence-corrected chi connectivity index (χ4v) is 3.96. The van der Waals surface area contributed by atoms with Gasteiger partial charge >= 0.3 is 0 Å². The average Bonchev–Trinajstić information content (AvgIpc) is 2.99. The minimum atomic E-state index is -3.52. The summed E-state index contributed by atoms with van der Waals surface area (Å²) in [7, 11) is -0.126. The summed E-state index contributed by atoms with van der Waals surface area (Å²) in [6.07, 6.45) is 0.750. The van der Waals surface area contributed by atoms with Crippen molar-refractivity contribution in [1.82, 2.24) is 14.5 Å². The van der Waals surface area contributed by atoms with Crippen molar-refractivity contribution < 1.29 is 13.2 Å². The molecule has 0 atom stereocenters. The van der Waals surface area contributed by atoms with Gasteiger partial charge in [-0.1, -0.05) is 19.1 Å². The summed E-state index contributed by atoms with van der Waals surface area (Å²) in [5.74, 6) is 0.994. The van der Waals surface area contributed by atoms with E-state index in [4.69, 9.17) is 4.74 Å². The van der Waals surface area contributed by atoms with Gasteiger partial charge in [-0.2, -0.15) is 5.10 Å². The van der Waals surface area contributed by atoms with Gasteiger partial charge in [0.1, 0.15) is 5.84 Å². The third-order valence-corrected chi connectivity index (χ3v) is 5.15. The Balaban J connectivity index is 2.00. The number of methoxy groups -OCH3 is 1. The number of benzene rings is 1. The lowest BCUT2D eigenvalue weighted by atomic mass is 10.2. The first-order valence-corrected chi connectivity index (χ1v) is 8.71. The predicted octanol–water partition coefficient (Wildman–Crippen LogP) is 1.23. The van der Waals surface area contributed by atoms with Crippen LogP contribution in [0.2, 0.25) is 0 Å². The largest absolute Gasteiger partial charge is 0.481 e. The van der Waals surface area contributed by atoms with Crippen LogP contribution in [0.15, 0.2) is 34.2 Å². The van der Waals surface area contributed by atoms with Crippen LogP contribution in [-0.2, 0) is 30.0 Å². The van der Waals surface area contributed by atoms with Crippen LogP contribution in [0.25, 0.3) is 0 Å². The third-order valence-electron chi connectivity index (χ3n) is 3.76. The molecule has 23 heavy (non-hydrogen) atoms. The number of hydrogen-bond donors (Lipinski definition) is 1. The number of aryl methyl sites for hydroxylation is 2. The van der Waals surface area contributed by atoms with Crippen molar-refractivity contribution in [2.75, 3.05) is 7.11 Å². The number of rotatable bonds is 4. The summed E-state index contributed by atoms with van der Waals surface area (Å²) < 4.78 is 33.7. The van der Waals surface area contributed by atoms with Crippen molar-refractivity contribution >= 4 is 15.9 Å². The van der Waals surface area contributed by atoms with E-state index in [0.29, 0.717) is 23.8 Å². The first-order valence-electron chi connectivity index (χ1n) is 7.23. The lowest BCUT2D eigenvalue weighted by molar-refractivity contribution is 0.369. The second-order valence-corrected chi connectivity index (χ2v) is 6.83. The molecule has 8 heteroatoms.